The van der Waals surface area contributed by atoms with Crippen LogP contribution in [-0.4, -0.2) is 35.3 Å². The second-order valence-corrected chi connectivity index (χ2v) is 5.67. The Hall–Kier alpha value is -1.06. The number of hydrogen-bond acceptors (Lipinski definition) is 2. The van der Waals surface area contributed by atoms with Crippen molar-refractivity contribution >= 4 is 11.8 Å². The van der Waals surface area contributed by atoms with Gasteiger partial charge in [0.25, 0.3) is 0 Å². The topological polar surface area (TPSA) is 49.4 Å². The third kappa shape index (κ3) is 2.74. The lowest BCUT2D eigenvalue weighted by molar-refractivity contribution is -0.150. The fourth-order valence-electron chi connectivity index (χ4n) is 1.89. The highest BCUT2D eigenvalue weighted by atomic mass is 16.2. The third-order valence-electron chi connectivity index (χ3n) is 2.80. The van der Waals surface area contributed by atoms with Crippen LogP contribution in [0, 0.1) is 5.41 Å². The SMILES string of the molecule is CCC1NC(=O)C(C)N(CC(C)(C)C)C1=O. The van der Waals surface area contributed by atoms with Crippen LogP contribution in [0.5, 0.6) is 0 Å². The quantitative estimate of drug-likeness (QED) is 0.768. The van der Waals surface area contributed by atoms with E-state index >= 15 is 0 Å². The molecular formula is C12H22N2O2. The lowest BCUT2D eigenvalue weighted by Gasteiger charge is -2.40. The molecular weight excluding hydrogens is 204 g/mol. The van der Waals surface area contributed by atoms with Crippen LogP contribution in [-0.2, 0) is 9.59 Å². The maximum Gasteiger partial charge on any atom is 0.245 e. The Morgan fingerprint density at radius 2 is 1.88 bits per heavy atom. The van der Waals surface area contributed by atoms with Crippen LogP contribution >= 0.6 is 0 Å². The van der Waals surface area contributed by atoms with Crippen molar-refractivity contribution in [1.82, 2.24) is 10.2 Å². The monoisotopic (exact) mass is 226 g/mol. The summed E-state index contributed by atoms with van der Waals surface area (Å²) >= 11 is 0. The molecule has 0 radical (unpaired) electrons. The minimum atomic E-state index is -0.352. The summed E-state index contributed by atoms with van der Waals surface area (Å²) in [7, 11) is 0. The van der Waals surface area contributed by atoms with E-state index in [1.165, 1.54) is 0 Å². The molecule has 4 nitrogen and oxygen atoms in total. The van der Waals surface area contributed by atoms with Gasteiger partial charge in [-0.25, -0.2) is 0 Å². The first-order valence-electron chi connectivity index (χ1n) is 5.87. The van der Waals surface area contributed by atoms with Gasteiger partial charge in [0, 0.05) is 6.54 Å². The van der Waals surface area contributed by atoms with Gasteiger partial charge >= 0.3 is 0 Å². The number of rotatable bonds is 2. The van der Waals surface area contributed by atoms with Crippen molar-refractivity contribution in [2.24, 2.45) is 5.41 Å². The fourth-order valence-corrected chi connectivity index (χ4v) is 1.89. The molecule has 4 heteroatoms. The van der Waals surface area contributed by atoms with Crippen molar-refractivity contribution < 1.29 is 9.59 Å². The van der Waals surface area contributed by atoms with Crippen LogP contribution < -0.4 is 5.32 Å². The molecule has 2 amide bonds. The lowest BCUT2D eigenvalue weighted by atomic mass is 9.93. The number of nitrogens with one attached hydrogen (secondary N) is 1. The highest BCUT2D eigenvalue weighted by molar-refractivity contribution is 5.96. The van der Waals surface area contributed by atoms with E-state index in [0.29, 0.717) is 13.0 Å². The standard InChI is InChI=1S/C12H22N2O2/c1-6-9-11(16)14(7-12(3,4)5)8(2)10(15)13-9/h8-9H,6-7H2,1-5H3,(H,13,15). The molecule has 2 atom stereocenters. The van der Waals surface area contributed by atoms with Crippen molar-refractivity contribution in [2.75, 3.05) is 6.54 Å². The van der Waals surface area contributed by atoms with Crippen LogP contribution in [0.15, 0.2) is 0 Å². The van der Waals surface area contributed by atoms with Crippen LogP contribution in [0.2, 0.25) is 0 Å². The number of carbonyl (C=O) groups excluding carboxylic acids is 2. The van der Waals surface area contributed by atoms with Crippen LogP contribution in [0.25, 0.3) is 0 Å². The maximum atomic E-state index is 12.1. The molecule has 1 saturated heterocycles. The Labute approximate surface area is 97.4 Å². The van der Waals surface area contributed by atoms with Gasteiger partial charge < -0.3 is 10.2 Å². The summed E-state index contributed by atoms with van der Waals surface area (Å²) in [6.45, 7) is 10.5. The van der Waals surface area contributed by atoms with Gasteiger partial charge in [-0.1, -0.05) is 27.7 Å². The summed E-state index contributed by atoms with van der Waals surface area (Å²) in [4.78, 5) is 25.5. The van der Waals surface area contributed by atoms with E-state index in [0.717, 1.165) is 0 Å². The van der Waals surface area contributed by atoms with E-state index in [1.807, 2.05) is 6.92 Å². The molecule has 1 heterocycles. The van der Waals surface area contributed by atoms with Crippen molar-refractivity contribution in [3.05, 3.63) is 0 Å². The van der Waals surface area contributed by atoms with Gasteiger partial charge in [-0.05, 0) is 18.8 Å². The molecule has 0 aromatic rings. The van der Waals surface area contributed by atoms with Crippen molar-refractivity contribution in [1.29, 1.82) is 0 Å². The van der Waals surface area contributed by atoms with E-state index in [9.17, 15) is 9.59 Å². The van der Waals surface area contributed by atoms with Gasteiger partial charge in [0.1, 0.15) is 12.1 Å². The first kappa shape index (κ1) is 13.0. The van der Waals surface area contributed by atoms with Crippen molar-refractivity contribution in [2.45, 2.75) is 53.1 Å². The first-order valence-corrected chi connectivity index (χ1v) is 5.87. The molecule has 1 fully saturated rings. The zero-order valence-corrected chi connectivity index (χ0v) is 10.8. The molecule has 1 N–H and O–H groups in total. The molecule has 16 heavy (non-hydrogen) atoms. The normalized spacial score (nSPS) is 26.9. The molecule has 0 saturated carbocycles. The van der Waals surface area contributed by atoms with Gasteiger partial charge in [0.2, 0.25) is 11.8 Å². The van der Waals surface area contributed by atoms with E-state index in [2.05, 4.69) is 26.1 Å². The summed E-state index contributed by atoms with van der Waals surface area (Å²) in [5.41, 5.74) is 0.0137. The highest BCUT2D eigenvalue weighted by Crippen LogP contribution is 2.20. The second kappa shape index (κ2) is 4.44. The van der Waals surface area contributed by atoms with E-state index in [-0.39, 0.29) is 29.3 Å². The first-order chi connectivity index (χ1) is 7.26. The summed E-state index contributed by atoms with van der Waals surface area (Å²) in [5.74, 6) is 0.000208. The van der Waals surface area contributed by atoms with Gasteiger partial charge in [-0.15, -0.1) is 0 Å². The Morgan fingerprint density at radius 1 is 1.31 bits per heavy atom. The summed E-state index contributed by atoms with van der Waals surface area (Å²) in [5, 5.41) is 2.75. The van der Waals surface area contributed by atoms with Gasteiger partial charge in [-0.2, -0.15) is 0 Å². The molecule has 0 aromatic heterocycles. The third-order valence-corrected chi connectivity index (χ3v) is 2.80. The fraction of sp³-hybridized carbons (Fsp3) is 0.833. The number of amides is 2. The summed E-state index contributed by atoms with van der Waals surface area (Å²) < 4.78 is 0. The highest BCUT2D eigenvalue weighted by Gasteiger charge is 2.38. The van der Waals surface area contributed by atoms with E-state index in [1.54, 1.807) is 11.8 Å². The Balaban J connectivity index is 2.86. The van der Waals surface area contributed by atoms with Crippen LogP contribution in [0.4, 0.5) is 0 Å². The molecule has 92 valence electrons. The minimum Gasteiger partial charge on any atom is -0.343 e. The smallest absolute Gasteiger partial charge is 0.245 e. The Morgan fingerprint density at radius 3 is 2.31 bits per heavy atom. The molecule has 1 rings (SSSR count). The van der Waals surface area contributed by atoms with E-state index in [4.69, 9.17) is 0 Å². The van der Waals surface area contributed by atoms with Gasteiger partial charge in [-0.3, -0.25) is 9.59 Å². The minimum absolute atomic E-state index is 0.0137. The molecule has 1 aliphatic heterocycles. The van der Waals surface area contributed by atoms with Crippen molar-refractivity contribution in [3.63, 3.8) is 0 Å². The molecule has 0 bridgehead atoms. The van der Waals surface area contributed by atoms with Crippen molar-refractivity contribution in [3.8, 4) is 0 Å². The predicted octanol–water partition coefficient (Wildman–Crippen LogP) is 1.16. The molecule has 0 aromatic carbocycles. The Bertz CT molecular complexity index is 294. The molecule has 0 aliphatic carbocycles. The lowest BCUT2D eigenvalue weighted by Crippen LogP contribution is -2.63. The zero-order chi connectivity index (χ0) is 12.5. The van der Waals surface area contributed by atoms with E-state index < -0.39 is 0 Å². The zero-order valence-electron chi connectivity index (χ0n) is 10.8. The molecule has 2 unspecified atom stereocenters. The maximum absolute atomic E-state index is 12.1. The average Bonchev–Trinajstić information content (AvgIpc) is 2.17. The average molecular weight is 226 g/mol. The van der Waals surface area contributed by atoms with Gasteiger partial charge in [0.05, 0.1) is 0 Å². The number of piperazine rings is 1. The summed E-state index contributed by atoms with van der Waals surface area (Å²) in [6, 6.07) is -0.694. The second-order valence-electron chi connectivity index (χ2n) is 5.67. The number of carbonyl (C=O) groups is 2. The summed E-state index contributed by atoms with van der Waals surface area (Å²) in [6.07, 6.45) is 0.651. The van der Waals surface area contributed by atoms with Crippen LogP contribution in [0.3, 0.4) is 0 Å². The molecule has 1 aliphatic rings. The molecule has 0 spiro atoms. The van der Waals surface area contributed by atoms with Crippen LogP contribution in [0.1, 0.15) is 41.0 Å². The number of nitrogens with zero attached hydrogens (tertiary/aromatic N) is 1. The number of hydrogen-bond donors (Lipinski definition) is 1. The Kier molecular flexibility index (Phi) is 3.61. The largest absolute Gasteiger partial charge is 0.343 e. The van der Waals surface area contributed by atoms with Gasteiger partial charge in [0.15, 0.2) is 0 Å². The predicted molar refractivity (Wildman–Crippen MR) is 62.9 cm³/mol.